The van der Waals surface area contributed by atoms with Gasteiger partial charge in [-0.25, -0.2) is 0 Å². The second-order valence-electron chi connectivity index (χ2n) is 10.5. The van der Waals surface area contributed by atoms with E-state index >= 15 is 0 Å². The number of thiophene rings is 1. The first-order chi connectivity index (χ1) is 20.6. The molecule has 4 heteroatoms. The third kappa shape index (κ3) is 3.96. The van der Waals surface area contributed by atoms with Crippen molar-refractivity contribution in [3.63, 3.8) is 0 Å². The number of hydrogen-bond donors (Lipinski definition) is 0. The highest BCUT2D eigenvalue weighted by atomic mass is 32.1. The summed E-state index contributed by atoms with van der Waals surface area (Å²) in [5.41, 5.74) is 4.41. The van der Waals surface area contributed by atoms with Crippen molar-refractivity contribution in [3.05, 3.63) is 155 Å². The zero-order valence-corrected chi connectivity index (χ0v) is 23.3. The molecule has 6 aromatic carbocycles. The highest BCUT2D eigenvalue weighted by Crippen LogP contribution is 2.42. The molecule has 0 atom stereocenters. The molecule has 7 aromatic rings. The monoisotopic (exact) mass is 557 g/mol. The number of ketones is 2. The molecule has 1 aromatic heterocycles. The number of hydrogen-bond acceptors (Lipinski definition) is 4. The number of Topliss-reactive ketones (excluding diaryl/α,β-unsaturated/α-hetero) is 2. The molecule has 198 valence electrons. The van der Waals surface area contributed by atoms with Gasteiger partial charge in [-0.1, -0.05) is 97.1 Å². The molecule has 0 N–H and O–H groups in total. The van der Waals surface area contributed by atoms with Crippen LogP contribution in [-0.2, 0) is 0 Å². The molecule has 0 saturated heterocycles. The van der Waals surface area contributed by atoms with Crippen molar-refractivity contribution < 1.29 is 9.59 Å². The summed E-state index contributed by atoms with van der Waals surface area (Å²) in [6, 6.07) is 45.4. The molecule has 1 heterocycles. The number of rotatable bonds is 4. The summed E-state index contributed by atoms with van der Waals surface area (Å²) in [5, 5.41) is 5.80. The molecule has 0 spiro atoms. The van der Waals surface area contributed by atoms with Crippen LogP contribution in [0.15, 0.2) is 139 Å². The maximum Gasteiger partial charge on any atom is 0.197 e. The predicted octanol–water partition coefficient (Wildman–Crippen LogP) is 10.1. The molecular weight excluding hydrogens is 534 g/mol. The Bertz CT molecular complexity index is 2220. The maximum atomic E-state index is 13.0. The molecule has 1 aliphatic carbocycles. The lowest BCUT2D eigenvalue weighted by atomic mass is 10.0. The Morgan fingerprint density at radius 2 is 1.14 bits per heavy atom. The van der Waals surface area contributed by atoms with Crippen molar-refractivity contribution in [2.24, 2.45) is 0 Å². The average Bonchev–Trinajstić information content (AvgIpc) is 3.55. The van der Waals surface area contributed by atoms with Crippen LogP contribution in [0.1, 0.15) is 25.6 Å². The molecule has 0 fully saturated rings. The van der Waals surface area contributed by atoms with Crippen LogP contribution in [0.25, 0.3) is 37.7 Å². The third-order valence-corrected chi connectivity index (χ3v) is 9.02. The van der Waals surface area contributed by atoms with E-state index in [4.69, 9.17) is 0 Å². The third-order valence-electron chi connectivity index (χ3n) is 7.97. The van der Waals surface area contributed by atoms with E-state index in [1.807, 2.05) is 0 Å². The Balaban J connectivity index is 1.27. The van der Waals surface area contributed by atoms with Gasteiger partial charge in [0.2, 0.25) is 0 Å². The van der Waals surface area contributed by atoms with E-state index in [9.17, 15) is 9.59 Å². The summed E-state index contributed by atoms with van der Waals surface area (Å²) in [5.74, 6) is -0.403. The first-order valence-electron chi connectivity index (χ1n) is 13.8. The number of benzene rings is 6. The minimum Gasteiger partial charge on any atom is -0.310 e. The number of anilines is 3. The van der Waals surface area contributed by atoms with Gasteiger partial charge in [0.15, 0.2) is 11.6 Å². The van der Waals surface area contributed by atoms with Crippen LogP contribution in [0.2, 0.25) is 0 Å². The van der Waals surface area contributed by atoms with Crippen molar-refractivity contribution in [3.8, 4) is 0 Å². The van der Waals surface area contributed by atoms with Gasteiger partial charge in [0.1, 0.15) is 0 Å². The van der Waals surface area contributed by atoms with Gasteiger partial charge >= 0.3 is 0 Å². The van der Waals surface area contributed by atoms with Crippen LogP contribution >= 0.6 is 11.3 Å². The zero-order chi connectivity index (χ0) is 28.2. The van der Waals surface area contributed by atoms with Crippen LogP contribution in [0.5, 0.6) is 0 Å². The lowest BCUT2D eigenvalue weighted by Crippen LogP contribution is -2.10. The fourth-order valence-electron chi connectivity index (χ4n) is 5.94. The van der Waals surface area contributed by atoms with Gasteiger partial charge < -0.3 is 4.90 Å². The van der Waals surface area contributed by atoms with E-state index in [1.54, 1.807) is 41.7 Å². The van der Waals surface area contributed by atoms with Crippen molar-refractivity contribution in [1.29, 1.82) is 0 Å². The quantitative estimate of drug-likeness (QED) is 0.160. The number of nitrogens with zero attached hydrogens (tertiary/aromatic N) is 1. The summed E-state index contributed by atoms with van der Waals surface area (Å²) in [7, 11) is 0. The largest absolute Gasteiger partial charge is 0.310 e. The molecule has 1 aliphatic rings. The zero-order valence-electron chi connectivity index (χ0n) is 22.5. The van der Waals surface area contributed by atoms with Gasteiger partial charge in [0.05, 0.1) is 11.3 Å². The van der Waals surface area contributed by atoms with Gasteiger partial charge in [-0.3, -0.25) is 9.59 Å². The standard InChI is InChI=1S/C38H23NO2S/c40-37-32-13-5-6-14-33(32)38(41)34(37)23-30-21-27-17-19-29(22-36(27)42-30)39(28-18-16-24-8-1-2-10-26(24)20-28)35-15-7-11-25-9-3-4-12-31(25)35/h1-23H. The van der Waals surface area contributed by atoms with Crippen molar-refractivity contribution in [2.75, 3.05) is 4.90 Å². The summed E-state index contributed by atoms with van der Waals surface area (Å²) in [6.07, 6.45) is 1.75. The second-order valence-corrected chi connectivity index (χ2v) is 11.6. The number of carbonyl (C=O) groups excluding carboxylic acids is 2. The predicted molar refractivity (Wildman–Crippen MR) is 175 cm³/mol. The molecule has 0 saturated carbocycles. The minimum atomic E-state index is -0.202. The second kappa shape index (κ2) is 9.65. The van der Waals surface area contributed by atoms with Crippen molar-refractivity contribution in [2.45, 2.75) is 0 Å². The Morgan fingerprint density at radius 1 is 0.524 bits per heavy atom. The van der Waals surface area contributed by atoms with Gasteiger partial charge in [-0.2, -0.15) is 0 Å². The maximum absolute atomic E-state index is 13.0. The van der Waals surface area contributed by atoms with Gasteiger partial charge in [-0.05, 0) is 64.0 Å². The average molecular weight is 558 g/mol. The first-order valence-corrected chi connectivity index (χ1v) is 14.7. The summed E-state index contributed by atoms with van der Waals surface area (Å²) >= 11 is 1.59. The Hall–Kier alpha value is -5.32. The molecule has 8 rings (SSSR count). The number of carbonyl (C=O) groups is 2. The van der Waals surface area contributed by atoms with Crippen LogP contribution in [0.3, 0.4) is 0 Å². The molecule has 0 aliphatic heterocycles. The van der Waals surface area contributed by atoms with Crippen molar-refractivity contribution >= 4 is 77.7 Å². The van der Waals surface area contributed by atoms with Crippen LogP contribution in [0, 0.1) is 0 Å². The van der Waals surface area contributed by atoms with Gasteiger partial charge in [0, 0.05) is 37.5 Å². The molecule has 42 heavy (non-hydrogen) atoms. The molecule has 0 radical (unpaired) electrons. The summed E-state index contributed by atoms with van der Waals surface area (Å²) in [4.78, 5) is 29.2. The molecular formula is C38H23NO2S. The normalized spacial score (nSPS) is 12.8. The van der Waals surface area contributed by atoms with Crippen molar-refractivity contribution in [1.82, 2.24) is 0 Å². The van der Waals surface area contributed by atoms with Gasteiger partial charge in [-0.15, -0.1) is 11.3 Å². The Labute approximate surface area is 246 Å². The Kier molecular flexibility index (Phi) is 5.62. The van der Waals surface area contributed by atoms with Crippen LogP contribution < -0.4 is 4.90 Å². The fourth-order valence-corrected chi connectivity index (χ4v) is 6.98. The molecule has 0 unspecified atom stereocenters. The van der Waals surface area contributed by atoms with Gasteiger partial charge in [0.25, 0.3) is 0 Å². The van der Waals surface area contributed by atoms with Crippen LogP contribution in [-0.4, -0.2) is 11.6 Å². The number of fused-ring (bicyclic) bond motifs is 4. The lowest BCUT2D eigenvalue weighted by Gasteiger charge is -2.27. The van der Waals surface area contributed by atoms with E-state index in [-0.39, 0.29) is 17.1 Å². The Morgan fingerprint density at radius 3 is 1.93 bits per heavy atom. The van der Waals surface area contributed by atoms with E-state index in [0.29, 0.717) is 11.1 Å². The number of allylic oxidation sites excluding steroid dienone is 1. The topological polar surface area (TPSA) is 37.4 Å². The van der Waals surface area contributed by atoms with E-state index in [2.05, 4.69) is 114 Å². The molecule has 3 nitrogen and oxygen atoms in total. The molecule has 0 amide bonds. The van der Waals surface area contributed by atoms with E-state index in [0.717, 1.165) is 32.0 Å². The van der Waals surface area contributed by atoms with Crippen LogP contribution in [0.4, 0.5) is 17.1 Å². The molecule has 0 bridgehead atoms. The smallest absolute Gasteiger partial charge is 0.197 e. The SMILES string of the molecule is O=C1C(=Cc2cc3ccc(N(c4ccc5ccccc5c4)c4cccc5ccccc45)cc3s2)C(=O)c2ccccc21. The highest BCUT2D eigenvalue weighted by Gasteiger charge is 2.32. The lowest BCUT2D eigenvalue weighted by molar-refractivity contribution is 0.0990. The minimum absolute atomic E-state index is 0.202. The van der Waals surface area contributed by atoms with E-state index < -0.39 is 0 Å². The fraction of sp³-hybridized carbons (Fsp3) is 0. The first kappa shape index (κ1) is 24.5. The summed E-state index contributed by atoms with van der Waals surface area (Å²) < 4.78 is 1.08. The summed E-state index contributed by atoms with van der Waals surface area (Å²) in [6.45, 7) is 0. The highest BCUT2D eigenvalue weighted by molar-refractivity contribution is 7.19. The van der Waals surface area contributed by atoms with E-state index in [1.165, 1.54) is 21.5 Å².